The summed E-state index contributed by atoms with van der Waals surface area (Å²) in [7, 11) is 0. The first-order valence-electron chi connectivity index (χ1n) is 3.56. The molecule has 1 aromatic carbocycles. The second-order valence-electron chi connectivity index (χ2n) is 2.47. The minimum absolute atomic E-state index is 0.255. The summed E-state index contributed by atoms with van der Waals surface area (Å²) in [5.41, 5.74) is 0.747. The molecule has 1 aromatic rings. The monoisotopic (exact) mass is 180 g/mol. The molecule has 1 rings (SSSR count). The molecule has 2 heteroatoms. The van der Waals surface area contributed by atoms with E-state index >= 15 is 0 Å². The minimum atomic E-state index is -1.07. The predicted molar refractivity (Wildman–Crippen MR) is 49.9 cm³/mol. The van der Waals surface area contributed by atoms with Crippen molar-refractivity contribution < 1.29 is 5.11 Å². The van der Waals surface area contributed by atoms with E-state index in [4.69, 9.17) is 23.1 Å². The number of hydrogen-bond acceptors (Lipinski definition) is 1. The van der Waals surface area contributed by atoms with Gasteiger partial charge in [-0.2, -0.15) is 0 Å². The number of aliphatic hydroxyl groups excluding tert-OH is 1. The fraction of sp³-hybridized carbons (Fsp3) is 0.200. The average Bonchev–Trinajstić information content (AvgIpc) is 2.18. The molecule has 0 fully saturated rings. The Morgan fingerprint density at radius 1 is 1.42 bits per heavy atom. The van der Waals surface area contributed by atoms with Gasteiger partial charge in [-0.25, -0.2) is 0 Å². The van der Waals surface area contributed by atoms with E-state index < -0.39 is 4.87 Å². The highest BCUT2D eigenvalue weighted by Crippen LogP contribution is 2.26. The SMILES string of the molecule is C#CC(Cl)(CO)c1ccccc1. The quantitative estimate of drug-likeness (QED) is 0.543. The number of benzene rings is 1. The van der Waals surface area contributed by atoms with Gasteiger partial charge in [-0.15, -0.1) is 6.42 Å². The zero-order valence-electron chi connectivity index (χ0n) is 6.50. The minimum Gasteiger partial charge on any atom is -0.393 e. The first-order valence-corrected chi connectivity index (χ1v) is 3.94. The zero-order chi connectivity index (χ0) is 9.03. The van der Waals surface area contributed by atoms with Crippen molar-refractivity contribution in [2.75, 3.05) is 6.61 Å². The largest absolute Gasteiger partial charge is 0.393 e. The van der Waals surface area contributed by atoms with Crippen molar-refractivity contribution in [1.82, 2.24) is 0 Å². The van der Waals surface area contributed by atoms with E-state index in [2.05, 4.69) is 5.92 Å². The third kappa shape index (κ3) is 1.61. The lowest BCUT2D eigenvalue weighted by molar-refractivity contribution is 0.271. The lowest BCUT2D eigenvalue weighted by Gasteiger charge is -2.17. The van der Waals surface area contributed by atoms with E-state index in [1.807, 2.05) is 18.2 Å². The van der Waals surface area contributed by atoms with Gasteiger partial charge in [0.25, 0.3) is 0 Å². The third-order valence-electron chi connectivity index (χ3n) is 1.68. The molecule has 0 aliphatic rings. The molecule has 1 nitrogen and oxygen atoms in total. The molecule has 1 N–H and O–H groups in total. The van der Waals surface area contributed by atoms with Crippen LogP contribution in [0.25, 0.3) is 0 Å². The summed E-state index contributed by atoms with van der Waals surface area (Å²) in [4.78, 5) is -1.07. The van der Waals surface area contributed by atoms with Crippen molar-refractivity contribution in [3.63, 3.8) is 0 Å². The first kappa shape index (κ1) is 9.12. The first-order chi connectivity index (χ1) is 5.73. The molecule has 0 spiro atoms. The smallest absolute Gasteiger partial charge is 0.152 e. The molecule has 0 saturated carbocycles. The van der Waals surface area contributed by atoms with Crippen LogP contribution in [0.4, 0.5) is 0 Å². The lowest BCUT2D eigenvalue weighted by Crippen LogP contribution is -2.20. The van der Waals surface area contributed by atoms with Gasteiger partial charge in [0.2, 0.25) is 0 Å². The molecule has 1 atom stereocenters. The van der Waals surface area contributed by atoms with Gasteiger partial charge in [0.15, 0.2) is 4.87 Å². The Morgan fingerprint density at radius 2 is 2.00 bits per heavy atom. The van der Waals surface area contributed by atoms with Gasteiger partial charge >= 0.3 is 0 Å². The maximum absolute atomic E-state index is 8.96. The number of terminal acetylenes is 1. The summed E-state index contributed by atoms with van der Waals surface area (Å²) in [6, 6.07) is 9.12. The third-order valence-corrected chi connectivity index (χ3v) is 2.12. The molecule has 62 valence electrons. The predicted octanol–water partition coefficient (Wildman–Crippen LogP) is 1.75. The van der Waals surface area contributed by atoms with Gasteiger partial charge in [-0.1, -0.05) is 47.9 Å². The molecular weight excluding hydrogens is 172 g/mol. The highest BCUT2D eigenvalue weighted by molar-refractivity contribution is 6.26. The van der Waals surface area contributed by atoms with Crippen LogP contribution < -0.4 is 0 Å². The Morgan fingerprint density at radius 3 is 2.42 bits per heavy atom. The summed E-state index contributed by atoms with van der Waals surface area (Å²) in [5.74, 6) is 2.36. The van der Waals surface area contributed by atoms with Crippen molar-refractivity contribution >= 4 is 11.6 Å². The van der Waals surface area contributed by atoms with Crippen molar-refractivity contribution in [3.05, 3.63) is 35.9 Å². The fourth-order valence-electron chi connectivity index (χ4n) is 0.923. The van der Waals surface area contributed by atoms with Crippen molar-refractivity contribution in [2.45, 2.75) is 4.87 Å². The van der Waals surface area contributed by atoms with E-state index in [9.17, 15) is 0 Å². The molecule has 0 heterocycles. The van der Waals surface area contributed by atoms with Gasteiger partial charge in [-0.05, 0) is 5.56 Å². The number of halogens is 1. The van der Waals surface area contributed by atoms with Crippen LogP contribution in [0.15, 0.2) is 30.3 Å². The van der Waals surface area contributed by atoms with E-state index in [-0.39, 0.29) is 6.61 Å². The van der Waals surface area contributed by atoms with E-state index in [0.29, 0.717) is 0 Å². The fourth-order valence-corrected chi connectivity index (χ4v) is 1.05. The Balaban J connectivity index is 3.06. The van der Waals surface area contributed by atoms with Gasteiger partial charge < -0.3 is 5.11 Å². The molecule has 0 radical (unpaired) electrons. The van der Waals surface area contributed by atoms with Gasteiger partial charge in [0.05, 0.1) is 6.61 Å². The Bertz CT molecular complexity index is 288. The maximum Gasteiger partial charge on any atom is 0.152 e. The molecule has 0 amide bonds. The normalized spacial score (nSPS) is 14.8. The average molecular weight is 181 g/mol. The van der Waals surface area contributed by atoms with Crippen LogP contribution >= 0.6 is 11.6 Å². The summed E-state index contributed by atoms with van der Waals surface area (Å²) >= 11 is 5.95. The number of hydrogen-bond donors (Lipinski definition) is 1. The molecule has 0 aliphatic heterocycles. The van der Waals surface area contributed by atoms with Crippen LogP contribution in [0.2, 0.25) is 0 Å². The summed E-state index contributed by atoms with van der Waals surface area (Å²) in [6.45, 7) is -0.255. The Kier molecular flexibility index (Phi) is 2.75. The summed E-state index contributed by atoms with van der Waals surface area (Å²) < 4.78 is 0. The van der Waals surface area contributed by atoms with E-state index in [0.717, 1.165) is 5.56 Å². The van der Waals surface area contributed by atoms with E-state index in [1.54, 1.807) is 12.1 Å². The van der Waals surface area contributed by atoms with Crippen molar-refractivity contribution in [3.8, 4) is 12.3 Å². The summed E-state index contributed by atoms with van der Waals surface area (Å²) in [5, 5.41) is 8.96. The van der Waals surface area contributed by atoms with Crippen LogP contribution in [-0.2, 0) is 4.87 Å². The van der Waals surface area contributed by atoms with Crippen LogP contribution in [-0.4, -0.2) is 11.7 Å². The van der Waals surface area contributed by atoms with Gasteiger partial charge in [0, 0.05) is 0 Å². The summed E-state index contributed by atoms with van der Waals surface area (Å²) in [6.07, 6.45) is 5.21. The Hall–Kier alpha value is -0.970. The second kappa shape index (κ2) is 3.62. The number of aliphatic hydroxyl groups is 1. The number of rotatable bonds is 2. The molecule has 0 aromatic heterocycles. The van der Waals surface area contributed by atoms with Gasteiger partial charge in [-0.3, -0.25) is 0 Å². The maximum atomic E-state index is 8.96. The highest BCUT2D eigenvalue weighted by Gasteiger charge is 2.25. The molecule has 0 aliphatic carbocycles. The van der Waals surface area contributed by atoms with Crippen LogP contribution in [0.1, 0.15) is 5.56 Å². The lowest BCUT2D eigenvalue weighted by atomic mass is 10.0. The van der Waals surface area contributed by atoms with Crippen molar-refractivity contribution in [2.24, 2.45) is 0 Å². The molecule has 0 bridgehead atoms. The second-order valence-corrected chi connectivity index (χ2v) is 3.11. The topological polar surface area (TPSA) is 20.2 Å². The molecule has 0 saturated heterocycles. The van der Waals surface area contributed by atoms with Crippen LogP contribution in [0.3, 0.4) is 0 Å². The molecule has 1 unspecified atom stereocenters. The van der Waals surface area contributed by atoms with Crippen LogP contribution in [0.5, 0.6) is 0 Å². The number of alkyl halides is 1. The Labute approximate surface area is 77.0 Å². The highest BCUT2D eigenvalue weighted by atomic mass is 35.5. The van der Waals surface area contributed by atoms with Gasteiger partial charge in [0.1, 0.15) is 0 Å². The standard InChI is InChI=1S/C10H9ClO/c1-2-10(11,8-12)9-6-4-3-5-7-9/h1,3-7,12H,8H2. The molecular formula is C10H9ClO. The zero-order valence-corrected chi connectivity index (χ0v) is 7.25. The molecule has 12 heavy (non-hydrogen) atoms. The van der Waals surface area contributed by atoms with Crippen molar-refractivity contribution in [1.29, 1.82) is 0 Å². The van der Waals surface area contributed by atoms with Crippen LogP contribution in [0, 0.1) is 12.3 Å². The van der Waals surface area contributed by atoms with E-state index in [1.165, 1.54) is 0 Å².